The van der Waals surface area contributed by atoms with Gasteiger partial charge in [-0.25, -0.2) is 9.59 Å². The van der Waals surface area contributed by atoms with E-state index in [9.17, 15) is 9.59 Å². The monoisotopic (exact) mass is 456 g/mol. The van der Waals surface area contributed by atoms with Crippen molar-refractivity contribution in [2.45, 2.75) is 25.4 Å². The maximum Gasteiger partial charge on any atom is 0.338 e. The Kier molecular flexibility index (Phi) is 9.19. The standard InChI is InChI=1S/C24H24O5S2/c1-27-21-13-11-19(12-14-21)23(25)28-15-5-3-2-4-6-18-7-9-20(10-8-18)24(26)29-22-16-30-31-17-22/h7-14,22H,2-3,5,15-17H2,1H3. The second-order valence-electron chi connectivity index (χ2n) is 6.80. The van der Waals surface area contributed by atoms with Crippen molar-refractivity contribution < 1.29 is 23.8 Å². The molecule has 1 fully saturated rings. The van der Waals surface area contributed by atoms with Gasteiger partial charge in [-0.15, -0.1) is 0 Å². The van der Waals surface area contributed by atoms with Gasteiger partial charge in [0.1, 0.15) is 11.9 Å². The number of esters is 2. The van der Waals surface area contributed by atoms with E-state index in [1.54, 1.807) is 65.1 Å². The van der Waals surface area contributed by atoms with Crippen LogP contribution in [-0.2, 0) is 9.47 Å². The summed E-state index contributed by atoms with van der Waals surface area (Å²) in [7, 11) is 5.04. The topological polar surface area (TPSA) is 61.8 Å². The van der Waals surface area contributed by atoms with E-state index < -0.39 is 0 Å². The third-order valence-electron chi connectivity index (χ3n) is 4.47. The maximum atomic E-state index is 12.1. The Morgan fingerprint density at radius 3 is 2.26 bits per heavy atom. The summed E-state index contributed by atoms with van der Waals surface area (Å²) in [5.41, 5.74) is 1.91. The molecule has 0 amide bonds. The second kappa shape index (κ2) is 12.3. The summed E-state index contributed by atoms with van der Waals surface area (Å²) >= 11 is 0. The van der Waals surface area contributed by atoms with Gasteiger partial charge in [-0.3, -0.25) is 0 Å². The molecule has 162 valence electrons. The van der Waals surface area contributed by atoms with Gasteiger partial charge < -0.3 is 14.2 Å². The molecule has 0 atom stereocenters. The van der Waals surface area contributed by atoms with Crippen LogP contribution in [0.5, 0.6) is 5.75 Å². The molecule has 2 aromatic rings. The molecule has 0 aliphatic carbocycles. The number of carbonyl (C=O) groups excluding carboxylic acids is 2. The molecule has 2 aromatic carbocycles. The van der Waals surface area contributed by atoms with Crippen LogP contribution in [0.2, 0.25) is 0 Å². The van der Waals surface area contributed by atoms with Gasteiger partial charge in [0, 0.05) is 23.5 Å². The Bertz CT molecular complexity index is 923. The Balaban J connectivity index is 1.33. The largest absolute Gasteiger partial charge is 0.497 e. The quantitative estimate of drug-likeness (QED) is 0.240. The lowest BCUT2D eigenvalue weighted by atomic mass is 10.1. The smallest absolute Gasteiger partial charge is 0.338 e. The second-order valence-corrected chi connectivity index (χ2v) is 9.35. The normalized spacial score (nSPS) is 13.2. The van der Waals surface area contributed by atoms with E-state index in [0.717, 1.165) is 29.9 Å². The van der Waals surface area contributed by atoms with Crippen LogP contribution in [0.1, 0.15) is 45.5 Å². The number of hydrogen-bond acceptors (Lipinski definition) is 7. The van der Waals surface area contributed by atoms with E-state index in [2.05, 4.69) is 11.8 Å². The van der Waals surface area contributed by atoms with E-state index in [-0.39, 0.29) is 18.0 Å². The summed E-state index contributed by atoms with van der Waals surface area (Å²) < 4.78 is 15.8. The Hall–Kier alpha value is -2.56. The van der Waals surface area contributed by atoms with Gasteiger partial charge >= 0.3 is 11.9 Å². The number of carbonyl (C=O) groups is 2. The molecule has 0 aromatic heterocycles. The molecule has 0 saturated carbocycles. The van der Waals surface area contributed by atoms with Crippen molar-refractivity contribution >= 4 is 33.5 Å². The van der Waals surface area contributed by atoms with Crippen LogP contribution in [-0.4, -0.2) is 43.3 Å². The highest BCUT2D eigenvalue weighted by atomic mass is 33.1. The average molecular weight is 457 g/mol. The number of hydrogen-bond donors (Lipinski definition) is 0. The molecule has 1 heterocycles. The number of unbranched alkanes of at least 4 members (excludes halogenated alkanes) is 2. The summed E-state index contributed by atoms with van der Waals surface area (Å²) in [4.78, 5) is 24.1. The summed E-state index contributed by atoms with van der Waals surface area (Å²) in [6.45, 7) is 0.362. The molecule has 1 saturated heterocycles. The fourth-order valence-electron chi connectivity index (χ4n) is 2.73. The highest BCUT2D eigenvalue weighted by Gasteiger charge is 2.21. The molecule has 1 aliphatic rings. The maximum absolute atomic E-state index is 12.1. The van der Waals surface area contributed by atoms with Gasteiger partial charge in [-0.2, -0.15) is 0 Å². The SMILES string of the molecule is COc1ccc(C(=O)OCCCCC#Cc2ccc(C(=O)OC3CSSC3)cc2)cc1. The van der Waals surface area contributed by atoms with Crippen LogP contribution in [0.15, 0.2) is 48.5 Å². The van der Waals surface area contributed by atoms with Crippen LogP contribution in [0, 0.1) is 11.8 Å². The van der Waals surface area contributed by atoms with E-state index in [4.69, 9.17) is 14.2 Å². The first-order valence-electron chi connectivity index (χ1n) is 10.0. The third-order valence-corrected chi connectivity index (χ3v) is 6.97. The van der Waals surface area contributed by atoms with Crippen molar-refractivity contribution in [3.8, 4) is 17.6 Å². The molecule has 7 heteroatoms. The van der Waals surface area contributed by atoms with Gasteiger partial charge in [-0.05, 0) is 61.4 Å². The highest BCUT2D eigenvalue weighted by molar-refractivity contribution is 8.77. The first-order chi connectivity index (χ1) is 15.2. The van der Waals surface area contributed by atoms with Gasteiger partial charge in [-0.1, -0.05) is 33.4 Å². The molecule has 3 rings (SSSR count). The fraction of sp³-hybridized carbons (Fsp3) is 0.333. The molecule has 0 unspecified atom stereocenters. The van der Waals surface area contributed by atoms with E-state index in [0.29, 0.717) is 29.9 Å². The van der Waals surface area contributed by atoms with Gasteiger partial charge in [0.05, 0.1) is 24.8 Å². The highest BCUT2D eigenvalue weighted by Crippen LogP contribution is 2.32. The van der Waals surface area contributed by atoms with Crippen LogP contribution in [0.4, 0.5) is 0 Å². The minimum absolute atomic E-state index is 0.00236. The Morgan fingerprint density at radius 2 is 1.58 bits per heavy atom. The van der Waals surface area contributed by atoms with Gasteiger partial charge in [0.15, 0.2) is 0 Å². The third kappa shape index (κ3) is 7.57. The van der Waals surface area contributed by atoms with Crippen molar-refractivity contribution in [1.82, 2.24) is 0 Å². The molecule has 5 nitrogen and oxygen atoms in total. The predicted octanol–water partition coefficient (Wildman–Crippen LogP) is 4.99. The number of benzene rings is 2. The lowest BCUT2D eigenvalue weighted by Gasteiger charge is -2.09. The summed E-state index contributed by atoms with van der Waals surface area (Å²) in [6.07, 6.45) is 2.29. The zero-order valence-corrected chi connectivity index (χ0v) is 18.9. The van der Waals surface area contributed by atoms with Crippen molar-refractivity contribution in [2.24, 2.45) is 0 Å². The molecule has 0 N–H and O–H groups in total. The molecule has 31 heavy (non-hydrogen) atoms. The van der Waals surface area contributed by atoms with E-state index in [1.807, 2.05) is 12.1 Å². The zero-order chi connectivity index (χ0) is 21.9. The molecule has 0 bridgehead atoms. The fourth-order valence-corrected chi connectivity index (χ4v) is 5.23. The van der Waals surface area contributed by atoms with Crippen LogP contribution < -0.4 is 4.74 Å². The summed E-state index contributed by atoms with van der Waals surface area (Å²) in [5, 5.41) is 0. The molecule has 0 spiro atoms. The van der Waals surface area contributed by atoms with Crippen molar-refractivity contribution in [2.75, 3.05) is 25.2 Å². The molecular weight excluding hydrogens is 432 g/mol. The van der Waals surface area contributed by atoms with E-state index >= 15 is 0 Å². The summed E-state index contributed by atoms with van der Waals surface area (Å²) in [6, 6.07) is 14.0. The van der Waals surface area contributed by atoms with Gasteiger partial charge in [0.25, 0.3) is 0 Å². The number of ether oxygens (including phenoxy) is 3. The zero-order valence-electron chi connectivity index (χ0n) is 17.3. The summed E-state index contributed by atoms with van der Waals surface area (Å²) in [5.74, 6) is 7.99. The number of rotatable bonds is 8. The predicted molar refractivity (Wildman–Crippen MR) is 125 cm³/mol. The lowest BCUT2D eigenvalue weighted by molar-refractivity contribution is 0.0396. The van der Waals surface area contributed by atoms with Gasteiger partial charge in [0.2, 0.25) is 0 Å². The van der Waals surface area contributed by atoms with Crippen LogP contribution in [0.3, 0.4) is 0 Å². The molecule has 1 aliphatic heterocycles. The van der Waals surface area contributed by atoms with Crippen LogP contribution >= 0.6 is 21.6 Å². The Morgan fingerprint density at radius 1 is 0.935 bits per heavy atom. The van der Waals surface area contributed by atoms with Crippen molar-refractivity contribution in [1.29, 1.82) is 0 Å². The average Bonchev–Trinajstić information content (AvgIpc) is 3.31. The van der Waals surface area contributed by atoms with Crippen molar-refractivity contribution in [3.05, 3.63) is 65.2 Å². The van der Waals surface area contributed by atoms with E-state index in [1.165, 1.54) is 0 Å². The lowest BCUT2D eigenvalue weighted by Crippen LogP contribution is -2.19. The molecule has 0 radical (unpaired) electrons. The number of methoxy groups -OCH3 is 1. The first-order valence-corrected chi connectivity index (χ1v) is 12.5. The van der Waals surface area contributed by atoms with Crippen LogP contribution in [0.25, 0.3) is 0 Å². The van der Waals surface area contributed by atoms with Crippen molar-refractivity contribution in [3.63, 3.8) is 0 Å². The minimum atomic E-state index is -0.335. The first kappa shape index (κ1) is 23.1. The molecular formula is C24H24O5S2. The Labute approximate surface area is 190 Å². The minimum Gasteiger partial charge on any atom is -0.497 e.